The first-order chi connectivity index (χ1) is 3.68. The van der Waals surface area contributed by atoms with Gasteiger partial charge in [0.05, 0.1) is 5.75 Å². The minimum absolute atomic E-state index is 0.0833. The van der Waals surface area contributed by atoms with E-state index in [9.17, 15) is 4.79 Å². The van der Waals surface area contributed by atoms with Crippen LogP contribution in [0.3, 0.4) is 0 Å². The lowest BCUT2D eigenvalue weighted by atomic mass is 10.6. The summed E-state index contributed by atoms with van der Waals surface area (Å²) in [6.07, 6.45) is 1.25. The maximum Gasteiger partial charge on any atom is 0.313 e. The van der Waals surface area contributed by atoms with Crippen LogP contribution in [-0.2, 0) is 4.79 Å². The van der Waals surface area contributed by atoms with E-state index >= 15 is 0 Å². The Morgan fingerprint density at radius 1 is 1.62 bits per heavy atom. The largest absolute Gasteiger partial charge is 0.481 e. The molecule has 1 N–H and O–H groups in total. The number of hydrogen-bond acceptors (Lipinski definition) is 2. The monoisotopic (exact) mass is 136 g/mol. The fraction of sp³-hybridized carbons (Fsp3) is 0.800. The number of rotatable bonds is 1. The molecule has 0 rings (SSSR count). The van der Waals surface area contributed by atoms with Crippen LogP contribution in [0.4, 0.5) is 0 Å². The summed E-state index contributed by atoms with van der Waals surface area (Å²) in [5.41, 5.74) is 0. The molecule has 50 valence electrons. The van der Waals surface area contributed by atoms with Crippen LogP contribution in [0.5, 0.6) is 0 Å². The van der Waals surface area contributed by atoms with Crippen molar-refractivity contribution in [2.24, 2.45) is 0 Å². The van der Waals surface area contributed by atoms with Crippen LogP contribution >= 0.6 is 12.6 Å². The normalized spacial score (nSPS) is 6.88. The quantitative estimate of drug-likeness (QED) is 0.535. The van der Waals surface area contributed by atoms with Crippen molar-refractivity contribution < 1.29 is 9.90 Å². The Labute approximate surface area is 55.3 Å². The van der Waals surface area contributed by atoms with Gasteiger partial charge in [0, 0.05) is 0 Å². The molecule has 0 fully saturated rings. The third kappa shape index (κ3) is 40.8. The van der Waals surface area contributed by atoms with Gasteiger partial charge in [0.2, 0.25) is 0 Å². The van der Waals surface area contributed by atoms with Crippen molar-refractivity contribution in [3.05, 3.63) is 0 Å². The average Bonchev–Trinajstić information content (AvgIpc) is 1.69. The Hall–Kier alpha value is -0.180. The summed E-state index contributed by atoms with van der Waals surface area (Å²) in [4.78, 5) is 9.29. The standard InChI is InChI=1S/C3H8.C2H4O2S/c1-3-2;3-2(4)1-5/h3H2,1-2H3;5H,1H2,(H,3,4). The van der Waals surface area contributed by atoms with E-state index in [0.717, 1.165) is 0 Å². The second-order valence-corrected chi connectivity index (χ2v) is 1.58. The lowest BCUT2D eigenvalue weighted by molar-refractivity contribution is -0.133. The first kappa shape index (κ1) is 10.7. The van der Waals surface area contributed by atoms with Crippen LogP contribution in [0.15, 0.2) is 0 Å². The van der Waals surface area contributed by atoms with E-state index in [1.165, 1.54) is 6.42 Å². The van der Waals surface area contributed by atoms with Crippen molar-refractivity contribution in [1.82, 2.24) is 0 Å². The van der Waals surface area contributed by atoms with Gasteiger partial charge in [0.25, 0.3) is 0 Å². The van der Waals surface area contributed by atoms with Gasteiger partial charge in [-0.3, -0.25) is 4.79 Å². The van der Waals surface area contributed by atoms with Gasteiger partial charge in [-0.25, -0.2) is 0 Å². The number of hydrogen-bond donors (Lipinski definition) is 2. The second kappa shape index (κ2) is 9.94. The van der Waals surface area contributed by atoms with Gasteiger partial charge in [-0.2, -0.15) is 12.6 Å². The number of carboxylic acids is 1. The van der Waals surface area contributed by atoms with Crippen LogP contribution in [0.1, 0.15) is 20.3 Å². The summed E-state index contributed by atoms with van der Waals surface area (Å²) in [7, 11) is 0. The molecule has 8 heavy (non-hydrogen) atoms. The molecule has 0 aromatic carbocycles. The molecule has 0 amide bonds. The highest BCUT2D eigenvalue weighted by molar-refractivity contribution is 7.81. The Morgan fingerprint density at radius 3 is 1.75 bits per heavy atom. The van der Waals surface area contributed by atoms with E-state index in [1.54, 1.807) is 0 Å². The van der Waals surface area contributed by atoms with E-state index in [-0.39, 0.29) is 5.75 Å². The summed E-state index contributed by atoms with van der Waals surface area (Å²) >= 11 is 3.42. The van der Waals surface area contributed by atoms with E-state index in [2.05, 4.69) is 26.5 Å². The van der Waals surface area contributed by atoms with E-state index in [4.69, 9.17) is 5.11 Å². The minimum atomic E-state index is -0.881. The summed E-state index contributed by atoms with van der Waals surface area (Å²) in [5, 5.41) is 7.65. The highest BCUT2D eigenvalue weighted by Gasteiger charge is 1.81. The van der Waals surface area contributed by atoms with Crippen molar-refractivity contribution in [1.29, 1.82) is 0 Å². The number of carbonyl (C=O) groups is 1. The van der Waals surface area contributed by atoms with Gasteiger partial charge < -0.3 is 5.11 Å². The molecule has 0 aliphatic carbocycles. The van der Waals surface area contributed by atoms with Gasteiger partial charge in [0.15, 0.2) is 0 Å². The molecule has 0 aromatic rings. The van der Waals surface area contributed by atoms with Crippen molar-refractivity contribution in [3.63, 3.8) is 0 Å². The van der Waals surface area contributed by atoms with Crippen LogP contribution in [0.2, 0.25) is 0 Å². The fourth-order valence-corrected chi connectivity index (χ4v) is 0. The molecular weight excluding hydrogens is 124 g/mol. The predicted molar refractivity (Wildman–Crippen MR) is 37.5 cm³/mol. The Morgan fingerprint density at radius 2 is 1.75 bits per heavy atom. The summed E-state index contributed by atoms with van der Waals surface area (Å²) in [6, 6.07) is 0. The predicted octanol–water partition coefficient (Wildman–Crippen LogP) is 1.42. The molecule has 0 saturated heterocycles. The fourth-order valence-electron chi connectivity index (χ4n) is 0. The molecule has 0 aromatic heterocycles. The van der Waals surface area contributed by atoms with E-state index in [0.29, 0.717) is 0 Å². The SMILES string of the molecule is CCC.O=C(O)CS. The number of aliphatic carboxylic acids is 1. The average molecular weight is 136 g/mol. The molecular formula is C5H12O2S. The molecule has 0 heterocycles. The smallest absolute Gasteiger partial charge is 0.313 e. The third-order valence-corrected chi connectivity index (χ3v) is 0.406. The zero-order chi connectivity index (χ0) is 6.99. The van der Waals surface area contributed by atoms with E-state index < -0.39 is 5.97 Å². The Kier molecular flexibility index (Phi) is 13.3. The zero-order valence-electron chi connectivity index (χ0n) is 5.22. The third-order valence-electron chi connectivity index (χ3n) is 0.135. The highest BCUT2D eigenvalue weighted by atomic mass is 32.1. The first-order valence-electron chi connectivity index (χ1n) is 2.51. The van der Waals surface area contributed by atoms with Gasteiger partial charge in [0.1, 0.15) is 0 Å². The Bertz CT molecular complexity index is 54.4. The molecule has 0 aliphatic heterocycles. The molecule has 0 saturated carbocycles. The summed E-state index contributed by atoms with van der Waals surface area (Å²) in [5.74, 6) is -0.965. The van der Waals surface area contributed by atoms with Crippen LogP contribution in [0.25, 0.3) is 0 Å². The molecule has 0 atom stereocenters. The molecule has 0 aliphatic rings. The maximum absolute atomic E-state index is 9.29. The lowest BCUT2D eigenvalue weighted by Gasteiger charge is -1.71. The lowest BCUT2D eigenvalue weighted by Crippen LogP contribution is -1.92. The first-order valence-corrected chi connectivity index (χ1v) is 3.14. The molecule has 3 heteroatoms. The van der Waals surface area contributed by atoms with Crippen molar-refractivity contribution in [2.45, 2.75) is 20.3 Å². The Balaban J connectivity index is 0. The molecule has 0 radical (unpaired) electrons. The van der Waals surface area contributed by atoms with Crippen molar-refractivity contribution in [3.8, 4) is 0 Å². The topological polar surface area (TPSA) is 37.3 Å². The van der Waals surface area contributed by atoms with E-state index in [1.807, 2.05) is 0 Å². The van der Waals surface area contributed by atoms with Crippen LogP contribution in [-0.4, -0.2) is 16.8 Å². The molecule has 0 spiro atoms. The van der Waals surface area contributed by atoms with Gasteiger partial charge in [-0.15, -0.1) is 0 Å². The minimum Gasteiger partial charge on any atom is -0.481 e. The van der Waals surface area contributed by atoms with Crippen LogP contribution < -0.4 is 0 Å². The maximum atomic E-state index is 9.29. The number of carboxylic acid groups (broad SMARTS) is 1. The molecule has 2 nitrogen and oxygen atoms in total. The summed E-state index contributed by atoms with van der Waals surface area (Å²) in [6.45, 7) is 4.25. The van der Waals surface area contributed by atoms with Crippen molar-refractivity contribution in [2.75, 3.05) is 5.75 Å². The highest BCUT2D eigenvalue weighted by Crippen LogP contribution is 1.66. The zero-order valence-corrected chi connectivity index (χ0v) is 6.11. The van der Waals surface area contributed by atoms with Gasteiger partial charge in [-0.05, 0) is 0 Å². The summed E-state index contributed by atoms with van der Waals surface area (Å²) < 4.78 is 0. The second-order valence-electron chi connectivity index (χ2n) is 1.26. The van der Waals surface area contributed by atoms with Gasteiger partial charge >= 0.3 is 5.97 Å². The van der Waals surface area contributed by atoms with Gasteiger partial charge in [-0.1, -0.05) is 20.3 Å². The van der Waals surface area contributed by atoms with Crippen molar-refractivity contribution >= 4 is 18.6 Å². The molecule has 0 bridgehead atoms. The van der Waals surface area contributed by atoms with Crippen LogP contribution in [0, 0.1) is 0 Å². The number of thiol groups is 1. The molecule has 0 unspecified atom stereocenters.